The Balaban J connectivity index is 2.96. The number of nitrogens with zero attached hydrogens (tertiary/aromatic N) is 1. The van der Waals surface area contributed by atoms with Gasteiger partial charge in [-0.15, -0.1) is 0 Å². The number of amides is 2. The van der Waals surface area contributed by atoms with E-state index in [1.165, 1.54) is 4.90 Å². The topological polar surface area (TPSA) is 155 Å². The standard InChI is InChI=1S/C23H36N2O10/c1-13(26)33-16(21(31)32-8)12-17(27)24-14(19(29)34-22(2,3)4)11-18(28)25-10-9-15(25)20(30)35-23(5,6)7/h14-16H,9-12H2,1-8H3,(H,24,27)/t14-,15-,16+/m0/s1. The van der Waals surface area contributed by atoms with E-state index in [1.807, 2.05) is 0 Å². The van der Waals surface area contributed by atoms with Crippen LogP contribution < -0.4 is 5.32 Å². The molecule has 3 atom stereocenters. The second-order valence-electron chi connectivity index (χ2n) is 10.1. The van der Waals surface area contributed by atoms with Crippen LogP contribution in [0, 0.1) is 0 Å². The molecular weight excluding hydrogens is 464 g/mol. The van der Waals surface area contributed by atoms with Crippen molar-refractivity contribution in [3.63, 3.8) is 0 Å². The van der Waals surface area contributed by atoms with E-state index in [2.05, 4.69) is 10.1 Å². The van der Waals surface area contributed by atoms with Crippen molar-refractivity contribution in [2.75, 3.05) is 13.7 Å². The zero-order valence-electron chi connectivity index (χ0n) is 21.6. The fourth-order valence-corrected chi connectivity index (χ4v) is 3.09. The van der Waals surface area contributed by atoms with Gasteiger partial charge in [-0.05, 0) is 48.0 Å². The Hall–Kier alpha value is -3.18. The molecule has 198 valence electrons. The Labute approximate surface area is 204 Å². The number of hydrogen-bond donors (Lipinski definition) is 1. The van der Waals surface area contributed by atoms with Crippen molar-refractivity contribution in [1.82, 2.24) is 10.2 Å². The van der Waals surface area contributed by atoms with Gasteiger partial charge in [-0.2, -0.15) is 0 Å². The molecule has 1 N–H and O–H groups in total. The second kappa shape index (κ2) is 12.0. The SMILES string of the molecule is COC(=O)[C@@H](CC(=O)N[C@@H](CC(=O)N1CC[C@H]1C(=O)OC(C)(C)C)C(=O)OC(C)(C)C)OC(C)=O. The van der Waals surface area contributed by atoms with Crippen LogP contribution in [0.25, 0.3) is 0 Å². The van der Waals surface area contributed by atoms with Gasteiger partial charge in [0, 0.05) is 13.5 Å². The summed E-state index contributed by atoms with van der Waals surface area (Å²) in [5, 5.41) is 2.36. The average molecular weight is 501 g/mol. The first-order valence-corrected chi connectivity index (χ1v) is 11.2. The number of likely N-dealkylation sites (tertiary alicyclic amines) is 1. The molecule has 0 aromatic carbocycles. The summed E-state index contributed by atoms with van der Waals surface area (Å²) < 4.78 is 20.0. The molecule has 0 radical (unpaired) electrons. The minimum atomic E-state index is -1.53. The number of nitrogens with one attached hydrogen (secondary N) is 1. The maximum Gasteiger partial charge on any atom is 0.347 e. The minimum Gasteiger partial charge on any atom is -0.466 e. The Bertz CT molecular complexity index is 840. The minimum absolute atomic E-state index is 0.286. The largest absolute Gasteiger partial charge is 0.466 e. The third-order valence-electron chi connectivity index (χ3n) is 4.57. The molecule has 2 amide bonds. The van der Waals surface area contributed by atoms with Gasteiger partial charge in [-0.25, -0.2) is 14.4 Å². The zero-order chi connectivity index (χ0) is 27.1. The lowest BCUT2D eigenvalue weighted by Crippen LogP contribution is -2.58. The highest BCUT2D eigenvalue weighted by molar-refractivity contribution is 5.93. The molecule has 0 bridgehead atoms. The van der Waals surface area contributed by atoms with Crippen LogP contribution in [0.4, 0.5) is 0 Å². The fraction of sp³-hybridized carbons (Fsp3) is 0.739. The van der Waals surface area contributed by atoms with Crippen LogP contribution in [0.15, 0.2) is 0 Å². The predicted octanol–water partition coefficient (Wildman–Crippen LogP) is 0.640. The molecule has 0 aromatic rings. The fourth-order valence-electron chi connectivity index (χ4n) is 3.09. The summed E-state index contributed by atoms with van der Waals surface area (Å²) in [6.45, 7) is 11.3. The van der Waals surface area contributed by atoms with Gasteiger partial charge < -0.3 is 29.2 Å². The first-order valence-electron chi connectivity index (χ1n) is 11.2. The van der Waals surface area contributed by atoms with E-state index < -0.39 is 77.9 Å². The Morgan fingerprint density at radius 3 is 1.91 bits per heavy atom. The molecule has 35 heavy (non-hydrogen) atoms. The lowest BCUT2D eigenvalue weighted by Gasteiger charge is -2.40. The first kappa shape index (κ1) is 29.9. The van der Waals surface area contributed by atoms with Crippen molar-refractivity contribution in [3.8, 4) is 0 Å². The van der Waals surface area contributed by atoms with Crippen LogP contribution in [0.1, 0.15) is 67.7 Å². The Kier molecular flexibility index (Phi) is 10.2. The van der Waals surface area contributed by atoms with Crippen LogP contribution in [-0.2, 0) is 47.7 Å². The molecule has 12 heteroatoms. The highest BCUT2D eigenvalue weighted by Gasteiger charge is 2.42. The molecule has 1 heterocycles. The van der Waals surface area contributed by atoms with Crippen molar-refractivity contribution in [3.05, 3.63) is 0 Å². The van der Waals surface area contributed by atoms with E-state index in [4.69, 9.17) is 14.2 Å². The quantitative estimate of drug-likeness (QED) is 0.352. The average Bonchev–Trinajstić information content (AvgIpc) is 2.61. The summed E-state index contributed by atoms with van der Waals surface area (Å²) in [7, 11) is 1.06. The van der Waals surface area contributed by atoms with Gasteiger partial charge in [0.1, 0.15) is 23.3 Å². The highest BCUT2D eigenvalue weighted by Crippen LogP contribution is 2.23. The van der Waals surface area contributed by atoms with Gasteiger partial charge in [0.25, 0.3) is 0 Å². The maximum absolute atomic E-state index is 12.9. The van der Waals surface area contributed by atoms with Crippen molar-refractivity contribution in [1.29, 1.82) is 0 Å². The summed E-state index contributed by atoms with van der Waals surface area (Å²) in [6, 6.07) is -2.20. The van der Waals surface area contributed by atoms with Gasteiger partial charge >= 0.3 is 23.9 Å². The highest BCUT2D eigenvalue weighted by atomic mass is 16.6. The molecule has 0 aliphatic carbocycles. The lowest BCUT2D eigenvalue weighted by molar-refractivity contribution is -0.172. The number of methoxy groups -OCH3 is 1. The molecule has 0 aromatic heterocycles. The molecule has 1 rings (SSSR count). The Morgan fingerprint density at radius 2 is 1.49 bits per heavy atom. The van der Waals surface area contributed by atoms with Crippen molar-refractivity contribution in [2.24, 2.45) is 0 Å². The summed E-state index contributed by atoms with van der Waals surface area (Å²) in [5.74, 6) is -4.61. The van der Waals surface area contributed by atoms with Crippen LogP contribution in [-0.4, -0.2) is 83.6 Å². The van der Waals surface area contributed by atoms with E-state index in [-0.39, 0.29) is 6.54 Å². The summed E-state index contributed by atoms with van der Waals surface area (Å²) in [4.78, 5) is 75.0. The van der Waals surface area contributed by atoms with E-state index >= 15 is 0 Å². The summed E-state index contributed by atoms with van der Waals surface area (Å²) in [5.41, 5.74) is -1.64. The molecule has 1 aliphatic heterocycles. The second-order valence-corrected chi connectivity index (χ2v) is 10.1. The molecular formula is C23H36N2O10. The van der Waals surface area contributed by atoms with Crippen molar-refractivity contribution in [2.45, 2.75) is 97.1 Å². The molecule has 1 fully saturated rings. The van der Waals surface area contributed by atoms with Crippen LogP contribution in [0.5, 0.6) is 0 Å². The molecule has 0 saturated carbocycles. The third kappa shape index (κ3) is 10.3. The monoisotopic (exact) mass is 500 g/mol. The number of carbonyl (C=O) groups excluding carboxylic acids is 6. The maximum atomic E-state index is 12.9. The van der Waals surface area contributed by atoms with Gasteiger partial charge in [0.2, 0.25) is 17.9 Å². The summed E-state index contributed by atoms with van der Waals surface area (Å²) in [6.07, 6.45) is -2.24. The third-order valence-corrected chi connectivity index (χ3v) is 4.57. The Morgan fingerprint density at radius 1 is 0.914 bits per heavy atom. The van der Waals surface area contributed by atoms with Gasteiger partial charge in [-0.1, -0.05) is 0 Å². The number of carbonyl (C=O) groups is 6. The molecule has 0 unspecified atom stereocenters. The van der Waals surface area contributed by atoms with E-state index in [0.29, 0.717) is 6.42 Å². The van der Waals surface area contributed by atoms with Crippen molar-refractivity contribution < 1.29 is 47.7 Å². The van der Waals surface area contributed by atoms with E-state index in [1.54, 1.807) is 41.5 Å². The van der Waals surface area contributed by atoms with Crippen LogP contribution in [0.3, 0.4) is 0 Å². The van der Waals surface area contributed by atoms with Gasteiger partial charge in [-0.3, -0.25) is 14.4 Å². The van der Waals surface area contributed by atoms with Crippen LogP contribution in [0.2, 0.25) is 0 Å². The number of esters is 4. The number of rotatable bonds is 9. The lowest BCUT2D eigenvalue weighted by atomic mass is 10.0. The van der Waals surface area contributed by atoms with Crippen LogP contribution >= 0.6 is 0 Å². The molecule has 1 aliphatic rings. The first-order chi connectivity index (χ1) is 15.9. The molecule has 1 saturated heterocycles. The van der Waals surface area contributed by atoms with Gasteiger partial charge in [0.15, 0.2) is 0 Å². The number of ether oxygens (including phenoxy) is 4. The van der Waals surface area contributed by atoms with E-state index in [9.17, 15) is 28.8 Å². The predicted molar refractivity (Wildman–Crippen MR) is 121 cm³/mol. The normalized spacial score (nSPS) is 17.3. The smallest absolute Gasteiger partial charge is 0.347 e. The van der Waals surface area contributed by atoms with Gasteiger partial charge in [0.05, 0.1) is 20.0 Å². The zero-order valence-corrected chi connectivity index (χ0v) is 21.6. The van der Waals surface area contributed by atoms with Crippen molar-refractivity contribution >= 4 is 35.7 Å². The van der Waals surface area contributed by atoms with E-state index in [0.717, 1.165) is 14.0 Å². The molecule has 12 nitrogen and oxygen atoms in total. The molecule has 0 spiro atoms. The number of hydrogen-bond acceptors (Lipinski definition) is 10. The summed E-state index contributed by atoms with van der Waals surface area (Å²) >= 11 is 0.